The number of aryl methyl sites for hydroxylation is 1. The highest BCUT2D eigenvalue weighted by Gasteiger charge is 2.08. The van der Waals surface area contributed by atoms with Gasteiger partial charge in [-0.15, -0.1) is 21.8 Å². The van der Waals surface area contributed by atoms with Gasteiger partial charge in [0.1, 0.15) is 0 Å². The van der Waals surface area contributed by atoms with E-state index in [1.165, 1.54) is 6.39 Å². The van der Waals surface area contributed by atoms with Gasteiger partial charge in [-0.1, -0.05) is 0 Å². The predicted octanol–water partition coefficient (Wildman–Crippen LogP) is 3.00. The molecule has 0 saturated carbocycles. The van der Waals surface area contributed by atoms with Crippen molar-refractivity contribution in [1.82, 2.24) is 10.2 Å². The summed E-state index contributed by atoms with van der Waals surface area (Å²) in [7, 11) is 0. The first kappa shape index (κ1) is 13.5. The highest BCUT2D eigenvalue weighted by Crippen LogP contribution is 2.23. The molecule has 0 spiro atoms. The molecule has 0 aliphatic heterocycles. The van der Waals surface area contributed by atoms with Gasteiger partial charge in [0.05, 0.1) is 0 Å². The van der Waals surface area contributed by atoms with Crippen molar-refractivity contribution in [3.05, 3.63) is 30.2 Å². The van der Waals surface area contributed by atoms with Crippen molar-refractivity contribution in [1.29, 1.82) is 0 Å². The Bertz CT molecular complexity index is 555. The Labute approximate surface area is 116 Å². The number of carbonyl (C=O) groups excluding carboxylic acids is 1. The number of rotatable bonds is 5. The first-order chi connectivity index (χ1) is 9.20. The van der Waals surface area contributed by atoms with Crippen molar-refractivity contribution in [3.8, 4) is 11.5 Å². The lowest BCUT2D eigenvalue weighted by Crippen LogP contribution is -2.12. The van der Waals surface area contributed by atoms with Crippen molar-refractivity contribution in [2.75, 3.05) is 11.2 Å². The molecule has 1 aromatic carbocycles. The fourth-order valence-corrected chi connectivity index (χ4v) is 1.81. The average molecular weight is 280 g/mol. The summed E-state index contributed by atoms with van der Waals surface area (Å²) >= 11 is 5.55. The Balaban J connectivity index is 2.09. The maximum absolute atomic E-state index is 11.6. The summed E-state index contributed by atoms with van der Waals surface area (Å²) in [6.07, 6.45) is 2.38. The zero-order valence-electron chi connectivity index (χ0n) is 10.5. The Hall–Kier alpha value is -1.88. The highest BCUT2D eigenvalue weighted by atomic mass is 35.5. The molecule has 19 heavy (non-hydrogen) atoms. The Kier molecular flexibility index (Phi) is 4.52. The molecule has 1 heterocycles. The van der Waals surface area contributed by atoms with E-state index in [2.05, 4.69) is 15.5 Å². The maximum Gasteiger partial charge on any atom is 0.247 e. The zero-order chi connectivity index (χ0) is 13.7. The minimum atomic E-state index is -0.0331. The molecule has 100 valence electrons. The number of carbonyl (C=O) groups is 1. The zero-order valence-corrected chi connectivity index (χ0v) is 11.3. The van der Waals surface area contributed by atoms with Gasteiger partial charge in [-0.2, -0.15) is 0 Å². The number of alkyl halides is 1. The molecule has 0 atom stereocenters. The van der Waals surface area contributed by atoms with Gasteiger partial charge in [0, 0.05) is 23.6 Å². The molecule has 1 aromatic heterocycles. The van der Waals surface area contributed by atoms with Crippen LogP contribution in [0.2, 0.25) is 0 Å². The standard InChI is InChI=1S/C13H14ClN3O2/c1-9-7-10(13-17-15-8-19-13)4-5-11(9)16-12(18)3-2-6-14/h4-5,7-8H,2-3,6H2,1H3,(H,16,18). The van der Waals surface area contributed by atoms with E-state index in [0.717, 1.165) is 16.8 Å². The van der Waals surface area contributed by atoms with Crippen molar-refractivity contribution < 1.29 is 9.21 Å². The lowest BCUT2D eigenvalue weighted by Gasteiger charge is -2.08. The largest absolute Gasteiger partial charge is 0.423 e. The second-order valence-corrected chi connectivity index (χ2v) is 4.49. The van der Waals surface area contributed by atoms with Gasteiger partial charge < -0.3 is 9.73 Å². The quantitative estimate of drug-likeness (QED) is 0.854. The summed E-state index contributed by atoms with van der Waals surface area (Å²) in [6.45, 7) is 1.91. The normalized spacial score (nSPS) is 10.4. The Morgan fingerprint density at radius 3 is 2.95 bits per heavy atom. The molecular formula is C13H14ClN3O2. The van der Waals surface area contributed by atoms with E-state index >= 15 is 0 Å². The number of amides is 1. The molecule has 1 amide bonds. The van der Waals surface area contributed by atoms with Crippen LogP contribution in [-0.2, 0) is 4.79 Å². The molecule has 0 bridgehead atoms. The lowest BCUT2D eigenvalue weighted by molar-refractivity contribution is -0.116. The van der Waals surface area contributed by atoms with E-state index in [0.29, 0.717) is 24.6 Å². The Morgan fingerprint density at radius 1 is 1.47 bits per heavy atom. The van der Waals surface area contributed by atoms with E-state index in [4.69, 9.17) is 16.0 Å². The van der Waals surface area contributed by atoms with Gasteiger partial charge in [0.15, 0.2) is 0 Å². The number of nitrogens with one attached hydrogen (secondary N) is 1. The summed E-state index contributed by atoms with van der Waals surface area (Å²) < 4.78 is 5.12. The minimum Gasteiger partial charge on any atom is -0.423 e. The third kappa shape index (κ3) is 3.54. The number of anilines is 1. The topological polar surface area (TPSA) is 68.0 Å². The first-order valence-corrected chi connectivity index (χ1v) is 6.47. The molecule has 0 unspecified atom stereocenters. The van der Waals surface area contributed by atoms with Crippen LogP contribution in [-0.4, -0.2) is 22.0 Å². The van der Waals surface area contributed by atoms with E-state index < -0.39 is 0 Å². The van der Waals surface area contributed by atoms with Crippen LogP contribution < -0.4 is 5.32 Å². The fraction of sp³-hybridized carbons (Fsp3) is 0.308. The van der Waals surface area contributed by atoms with Crippen LogP contribution in [0.5, 0.6) is 0 Å². The molecule has 6 heteroatoms. The summed E-state index contributed by atoms with van der Waals surface area (Å²) in [4.78, 5) is 11.6. The molecule has 0 radical (unpaired) electrons. The van der Waals surface area contributed by atoms with E-state index in [1.54, 1.807) is 0 Å². The summed E-state index contributed by atoms with van der Waals surface area (Å²) in [5.41, 5.74) is 2.55. The monoisotopic (exact) mass is 279 g/mol. The molecule has 2 rings (SSSR count). The Morgan fingerprint density at radius 2 is 2.32 bits per heavy atom. The number of nitrogens with zero attached hydrogens (tertiary/aromatic N) is 2. The third-order valence-electron chi connectivity index (χ3n) is 2.64. The summed E-state index contributed by atoms with van der Waals surface area (Å²) in [6, 6.07) is 5.55. The summed E-state index contributed by atoms with van der Waals surface area (Å²) in [5.74, 6) is 0.917. The molecular weight excluding hydrogens is 266 g/mol. The molecule has 0 aliphatic carbocycles. The van der Waals surface area contributed by atoms with E-state index in [1.807, 2.05) is 25.1 Å². The first-order valence-electron chi connectivity index (χ1n) is 5.93. The predicted molar refractivity (Wildman–Crippen MR) is 73.1 cm³/mol. The number of hydrogen-bond acceptors (Lipinski definition) is 4. The SMILES string of the molecule is Cc1cc(-c2nnco2)ccc1NC(=O)CCCCl. The van der Waals surface area contributed by atoms with Crippen LogP contribution in [0, 0.1) is 6.92 Å². The van der Waals surface area contributed by atoms with Crippen molar-refractivity contribution >= 4 is 23.2 Å². The molecule has 0 fully saturated rings. The number of benzene rings is 1. The smallest absolute Gasteiger partial charge is 0.247 e. The van der Waals surface area contributed by atoms with Crippen molar-refractivity contribution in [2.45, 2.75) is 19.8 Å². The van der Waals surface area contributed by atoms with Gasteiger partial charge in [-0.3, -0.25) is 4.79 Å². The fourth-order valence-electron chi connectivity index (χ4n) is 1.68. The maximum atomic E-state index is 11.6. The van der Waals surface area contributed by atoms with Crippen LogP contribution in [0.15, 0.2) is 29.0 Å². The van der Waals surface area contributed by atoms with Gasteiger partial charge in [0.25, 0.3) is 0 Å². The van der Waals surface area contributed by atoms with Crippen LogP contribution >= 0.6 is 11.6 Å². The van der Waals surface area contributed by atoms with Gasteiger partial charge >= 0.3 is 0 Å². The number of hydrogen-bond donors (Lipinski definition) is 1. The minimum absolute atomic E-state index is 0.0331. The van der Waals surface area contributed by atoms with Gasteiger partial charge in [0.2, 0.25) is 18.2 Å². The van der Waals surface area contributed by atoms with Crippen LogP contribution in [0.4, 0.5) is 5.69 Å². The van der Waals surface area contributed by atoms with E-state index in [9.17, 15) is 4.79 Å². The van der Waals surface area contributed by atoms with Gasteiger partial charge in [-0.05, 0) is 37.1 Å². The molecule has 5 nitrogen and oxygen atoms in total. The molecule has 0 saturated heterocycles. The second-order valence-electron chi connectivity index (χ2n) is 4.11. The second kappa shape index (κ2) is 6.33. The summed E-state index contributed by atoms with van der Waals surface area (Å²) in [5, 5.41) is 10.3. The number of halogens is 1. The number of aromatic nitrogens is 2. The highest BCUT2D eigenvalue weighted by molar-refractivity contribution is 6.18. The average Bonchev–Trinajstić information content (AvgIpc) is 2.92. The van der Waals surface area contributed by atoms with Crippen LogP contribution in [0.25, 0.3) is 11.5 Å². The van der Waals surface area contributed by atoms with Crippen LogP contribution in [0.3, 0.4) is 0 Å². The van der Waals surface area contributed by atoms with Crippen molar-refractivity contribution in [3.63, 3.8) is 0 Å². The molecule has 2 aromatic rings. The molecule has 1 N–H and O–H groups in total. The van der Waals surface area contributed by atoms with Crippen LogP contribution in [0.1, 0.15) is 18.4 Å². The molecule has 0 aliphatic rings. The van der Waals surface area contributed by atoms with Gasteiger partial charge in [-0.25, -0.2) is 0 Å². The van der Waals surface area contributed by atoms with Crippen molar-refractivity contribution in [2.24, 2.45) is 0 Å². The lowest BCUT2D eigenvalue weighted by atomic mass is 10.1. The van der Waals surface area contributed by atoms with E-state index in [-0.39, 0.29) is 5.91 Å². The third-order valence-corrected chi connectivity index (χ3v) is 2.91.